The first kappa shape index (κ1) is 16.7. The van der Waals surface area contributed by atoms with Crippen LogP contribution in [0, 0.1) is 13.8 Å². The summed E-state index contributed by atoms with van der Waals surface area (Å²) in [6.07, 6.45) is 0. The first-order valence-electron chi connectivity index (χ1n) is 6.99. The molecular weight excluding hydrogens is 252 g/mol. The van der Waals surface area contributed by atoms with Crippen molar-refractivity contribution in [1.82, 2.24) is 9.80 Å². The van der Waals surface area contributed by atoms with E-state index in [1.165, 1.54) is 16.7 Å². The Labute approximate surface area is 122 Å². The molecule has 0 aliphatic heterocycles. The first-order chi connectivity index (χ1) is 9.31. The van der Waals surface area contributed by atoms with Gasteiger partial charge in [0.25, 0.3) is 0 Å². The highest BCUT2D eigenvalue weighted by Crippen LogP contribution is 2.24. The fourth-order valence-corrected chi connectivity index (χ4v) is 2.32. The van der Waals surface area contributed by atoms with Crippen molar-refractivity contribution in [3.8, 4) is 0 Å². The quantitative estimate of drug-likeness (QED) is 0.831. The molecule has 0 aliphatic carbocycles. The number of benzene rings is 1. The Morgan fingerprint density at radius 1 is 1.25 bits per heavy atom. The lowest BCUT2D eigenvalue weighted by molar-refractivity contribution is -0.138. The molecule has 112 valence electrons. The van der Waals surface area contributed by atoms with Gasteiger partial charge >= 0.3 is 5.97 Å². The molecule has 0 fully saturated rings. The van der Waals surface area contributed by atoms with E-state index in [1.54, 1.807) is 0 Å². The van der Waals surface area contributed by atoms with Crippen LogP contribution in [-0.4, -0.2) is 54.6 Å². The van der Waals surface area contributed by atoms with Crippen LogP contribution >= 0.6 is 0 Å². The number of aryl methyl sites for hydroxylation is 2. The smallest absolute Gasteiger partial charge is 0.317 e. The lowest BCUT2D eigenvalue weighted by Crippen LogP contribution is -2.37. The summed E-state index contributed by atoms with van der Waals surface area (Å²) in [5, 5.41) is 9.11. The van der Waals surface area contributed by atoms with Crippen LogP contribution in [0.2, 0.25) is 0 Å². The average Bonchev–Trinajstić information content (AvgIpc) is 2.36. The molecule has 1 unspecified atom stereocenters. The number of nitrogens with zero attached hydrogens (tertiary/aromatic N) is 2. The van der Waals surface area contributed by atoms with E-state index < -0.39 is 5.97 Å². The number of aliphatic carboxylic acids is 1. The van der Waals surface area contributed by atoms with Crippen molar-refractivity contribution in [3.05, 3.63) is 34.9 Å². The second-order valence-corrected chi connectivity index (χ2v) is 5.70. The van der Waals surface area contributed by atoms with Gasteiger partial charge in [-0.3, -0.25) is 9.69 Å². The molecule has 0 bridgehead atoms. The highest BCUT2D eigenvalue weighted by Gasteiger charge is 2.20. The van der Waals surface area contributed by atoms with Gasteiger partial charge in [0.1, 0.15) is 0 Å². The van der Waals surface area contributed by atoms with Crippen molar-refractivity contribution in [1.29, 1.82) is 0 Å². The molecule has 1 atom stereocenters. The lowest BCUT2D eigenvalue weighted by Gasteiger charge is -2.30. The molecule has 0 amide bonds. The molecule has 4 heteroatoms. The largest absolute Gasteiger partial charge is 0.480 e. The Kier molecular flexibility index (Phi) is 6.17. The van der Waals surface area contributed by atoms with Crippen molar-refractivity contribution in [2.24, 2.45) is 0 Å². The third kappa shape index (κ3) is 4.94. The molecule has 20 heavy (non-hydrogen) atoms. The zero-order valence-corrected chi connectivity index (χ0v) is 13.2. The first-order valence-corrected chi connectivity index (χ1v) is 6.99. The minimum Gasteiger partial charge on any atom is -0.480 e. The molecule has 1 rings (SSSR count). The van der Waals surface area contributed by atoms with E-state index in [9.17, 15) is 4.79 Å². The number of carbonyl (C=O) groups is 1. The summed E-state index contributed by atoms with van der Waals surface area (Å²) in [5.74, 6) is -0.777. The molecule has 0 spiro atoms. The number of carboxylic acid groups (broad SMARTS) is 1. The van der Waals surface area contributed by atoms with Gasteiger partial charge in [-0.1, -0.05) is 23.8 Å². The summed E-state index contributed by atoms with van der Waals surface area (Å²) in [6.45, 7) is 7.90. The van der Waals surface area contributed by atoms with E-state index in [-0.39, 0.29) is 12.6 Å². The summed E-state index contributed by atoms with van der Waals surface area (Å²) < 4.78 is 0. The zero-order chi connectivity index (χ0) is 15.3. The van der Waals surface area contributed by atoms with Gasteiger partial charge in [0.05, 0.1) is 6.54 Å². The van der Waals surface area contributed by atoms with E-state index in [0.717, 1.165) is 13.1 Å². The molecule has 0 aliphatic rings. The topological polar surface area (TPSA) is 43.8 Å². The maximum Gasteiger partial charge on any atom is 0.317 e. The molecule has 0 saturated heterocycles. The monoisotopic (exact) mass is 278 g/mol. The van der Waals surface area contributed by atoms with Crippen LogP contribution in [0.1, 0.15) is 29.7 Å². The average molecular weight is 278 g/mol. The Balaban J connectivity index is 2.93. The van der Waals surface area contributed by atoms with Gasteiger partial charge in [0, 0.05) is 19.1 Å². The SMILES string of the molecule is Cc1ccc(C)c(C(C)N(CCN(C)C)CC(=O)O)c1. The fraction of sp³-hybridized carbons (Fsp3) is 0.562. The summed E-state index contributed by atoms with van der Waals surface area (Å²) in [6, 6.07) is 6.45. The Bertz CT molecular complexity index is 458. The molecular formula is C16H26N2O2. The number of rotatable bonds is 7. The second-order valence-electron chi connectivity index (χ2n) is 5.70. The van der Waals surface area contributed by atoms with E-state index in [4.69, 9.17) is 5.11 Å². The van der Waals surface area contributed by atoms with Gasteiger partial charge in [-0.05, 0) is 46.0 Å². The van der Waals surface area contributed by atoms with Gasteiger partial charge in [-0.2, -0.15) is 0 Å². The van der Waals surface area contributed by atoms with Crippen LogP contribution in [0.5, 0.6) is 0 Å². The van der Waals surface area contributed by atoms with Crippen molar-refractivity contribution in [3.63, 3.8) is 0 Å². The molecule has 1 aromatic carbocycles. The third-order valence-corrected chi connectivity index (χ3v) is 3.61. The maximum absolute atomic E-state index is 11.1. The Hall–Kier alpha value is -1.39. The second kappa shape index (κ2) is 7.41. The summed E-state index contributed by atoms with van der Waals surface area (Å²) >= 11 is 0. The summed E-state index contributed by atoms with van der Waals surface area (Å²) in [5.41, 5.74) is 3.63. The van der Waals surface area contributed by atoms with Crippen LogP contribution in [0.15, 0.2) is 18.2 Å². The predicted molar refractivity (Wildman–Crippen MR) is 82.1 cm³/mol. The van der Waals surface area contributed by atoms with Gasteiger partial charge in [0.2, 0.25) is 0 Å². The lowest BCUT2D eigenvalue weighted by atomic mass is 9.99. The van der Waals surface area contributed by atoms with Gasteiger partial charge in [-0.15, -0.1) is 0 Å². The van der Waals surface area contributed by atoms with Crippen LogP contribution in [0.4, 0.5) is 0 Å². The Morgan fingerprint density at radius 2 is 1.90 bits per heavy atom. The van der Waals surface area contributed by atoms with Gasteiger partial charge in [0.15, 0.2) is 0 Å². The van der Waals surface area contributed by atoms with E-state index in [0.29, 0.717) is 0 Å². The number of likely N-dealkylation sites (N-methyl/N-ethyl adjacent to an activating group) is 1. The Morgan fingerprint density at radius 3 is 2.45 bits per heavy atom. The van der Waals surface area contributed by atoms with E-state index in [1.807, 2.05) is 19.0 Å². The molecule has 0 aromatic heterocycles. The van der Waals surface area contributed by atoms with Crippen LogP contribution in [0.3, 0.4) is 0 Å². The minimum absolute atomic E-state index is 0.0718. The molecule has 4 nitrogen and oxygen atoms in total. The molecule has 0 heterocycles. The van der Waals surface area contributed by atoms with Crippen molar-refractivity contribution in [2.75, 3.05) is 33.7 Å². The molecule has 1 aromatic rings. The third-order valence-electron chi connectivity index (χ3n) is 3.61. The highest BCUT2D eigenvalue weighted by molar-refractivity contribution is 5.69. The molecule has 1 N–H and O–H groups in total. The summed E-state index contributed by atoms with van der Waals surface area (Å²) in [4.78, 5) is 15.2. The van der Waals surface area contributed by atoms with E-state index >= 15 is 0 Å². The van der Waals surface area contributed by atoms with Crippen LogP contribution in [-0.2, 0) is 4.79 Å². The number of carboxylic acids is 1. The van der Waals surface area contributed by atoms with Crippen molar-refractivity contribution < 1.29 is 9.90 Å². The van der Waals surface area contributed by atoms with E-state index in [2.05, 4.69) is 43.9 Å². The minimum atomic E-state index is -0.777. The van der Waals surface area contributed by atoms with Gasteiger partial charge in [-0.25, -0.2) is 0 Å². The molecule has 0 saturated carbocycles. The summed E-state index contributed by atoms with van der Waals surface area (Å²) in [7, 11) is 4.00. The van der Waals surface area contributed by atoms with Crippen molar-refractivity contribution >= 4 is 5.97 Å². The maximum atomic E-state index is 11.1. The predicted octanol–water partition coefficient (Wildman–Crippen LogP) is 2.31. The van der Waals surface area contributed by atoms with Gasteiger partial charge < -0.3 is 10.0 Å². The number of hydrogen-bond donors (Lipinski definition) is 1. The normalized spacial score (nSPS) is 12.9. The van der Waals surface area contributed by atoms with Crippen LogP contribution in [0.25, 0.3) is 0 Å². The molecule has 0 radical (unpaired) electrons. The number of hydrogen-bond acceptors (Lipinski definition) is 3. The zero-order valence-electron chi connectivity index (χ0n) is 13.2. The van der Waals surface area contributed by atoms with Crippen LogP contribution < -0.4 is 0 Å². The highest BCUT2D eigenvalue weighted by atomic mass is 16.4. The van der Waals surface area contributed by atoms with Crippen molar-refractivity contribution in [2.45, 2.75) is 26.8 Å². The standard InChI is InChI=1S/C16H26N2O2/c1-12-6-7-13(2)15(10-12)14(3)18(11-16(19)20)9-8-17(4)5/h6-7,10,14H,8-9,11H2,1-5H3,(H,19,20). The fourth-order valence-electron chi connectivity index (χ4n) is 2.32.